The maximum Gasteiger partial charge on any atom is 0.126 e. The normalized spacial score (nSPS) is 12.8. The summed E-state index contributed by atoms with van der Waals surface area (Å²) in [7, 11) is 0. The van der Waals surface area contributed by atoms with Gasteiger partial charge < -0.3 is 9.84 Å². The van der Waals surface area contributed by atoms with Crippen LogP contribution in [0.1, 0.15) is 45.3 Å². The fraction of sp³-hybridized carbons (Fsp3) is 0.533. The molecule has 0 saturated carbocycles. The molecule has 0 fully saturated rings. The van der Waals surface area contributed by atoms with Crippen LogP contribution in [0.3, 0.4) is 0 Å². The Kier molecular flexibility index (Phi) is 5.84. The first kappa shape index (κ1) is 16.0. The smallest absolute Gasteiger partial charge is 0.126 e. The molecule has 0 spiro atoms. The minimum Gasteiger partial charge on any atom is -0.493 e. The minimum atomic E-state index is -0.557. The Bertz CT molecular complexity index is 464. The minimum absolute atomic E-state index is 0.312. The van der Waals surface area contributed by atoms with E-state index < -0.39 is 6.10 Å². The van der Waals surface area contributed by atoms with Gasteiger partial charge >= 0.3 is 0 Å². The van der Waals surface area contributed by atoms with Crippen LogP contribution in [-0.4, -0.2) is 11.7 Å². The van der Waals surface area contributed by atoms with Gasteiger partial charge in [-0.15, -0.1) is 0 Å². The van der Waals surface area contributed by atoms with E-state index >= 15 is 0 Å². The first-order chi connectivity index (χ1) is 8.85. The van der Waals surface area contributed by atoms with Gasteiger partial charge in [-0.3, -0.25) is 0 Å². The van der Waals surface area contributed by atoms with Crippen molar-refractivity contribution in [1.82, 2.24) is 0 Å². The molecular weight excluding hydrogens is 306 g/mol. The number of nitriles is 1. The van der Waals surface area contributed by atoms with Crippen LogP contribution in [0.4, 0.5) is 0 Å². The molecule has 19 heavy (non-hydrogen) atoms. The summed E-state index contributed by atoms with van der Waals surface area (Å²) in [5, 5.41) is 18.6. The van der Waals surface area contributed by atoms with Crippen molar-refractivity contribution in [1.29, 1.82) is 5.26 Å². The Balaban J connectivity index is 2.58. The summed E-state index contributed by atoms with van der Waals surface area (Å²) >= 11 is 3.39. The number of benzene rings is 1. The zero-order valence-electron chi connectivity index (χ0n) is 11.6. The van der Waals surface area contributed by atoms with Gasteiger partial charge in [-0.05, 0) is 45.7 Å². The third-order valence-corrected chi connectivity index (χ3v) is 3.43. The first-order valence-electron chi connectivity index (χ1n) is 6.37. The molecule has 0 unspecified atom stereocenters. The Morgan fingerprint density at radius 1 is 1.47 bits per heavy atom. The molecule has 1 rings (SSSR count). The highest BCUT2D eigenvalue weighted by atomic mass is 79.9. The lowest BCUT2D eigenvalue weighted by molar-refractivity contribution is 0.190. The number of nitrogens with zero attached hydrogens (tertiary/aromatic N) is 1. The largest absolute Gasteiger partial charge is 0.493 e. The molecule has 0 saturated heterocycles. The number of rotatable bonds is 6. The van der Waals surface area contributed by atoms with E-state index in [0.717, 1.165) is 22.9 Å². The lowest BCUT2D eigenvalue weighted by atomic mass is 9.90. The molecule has 0 aromatic heterocycles. The summed E-state index contributed by atoms with van der Waals surface area (Å²) in [6.07, 6.45) is 1.05. The number of halogens is 1. The van der Waals surface area contributed by atoms with Gasteiger partial charge in [0.1, 0.15) is 5.75 Å². The molecule has 0 radical (unpaired) electrons. The van der Waals surface area contributed by atoms with E-state index in [4.69, 9.17) is 10.00 Å². The van der Waals surface area contributed by atoms with Crippen LogP contribution in [0, 0.1) is 16.7 Å². The Labute approximate surface area is 123 Å². The quantitative estimate of drug-likeness (QED) is 0.797. The Morgan fingerprint density at radius 2 is 2.16 bits per heavy atom. The predicted octanol–water partition coefficient (Wildman–Crippen LogP) is 4.21. The summed E-state index contributed by atoms with van der Waals surface area (Å²) in [5.41, 5.74) is 0.469. The molecule has 3 nitrogen and oxygen atoms in total. The zero-order chi connectivity index (χ0) is 14.5. The molecule has 4 heteroatoms. The monoisotopic (exact) mass is 325 g/mol. The molecule has 0 amide bonds. The molecule has 1 N–H and O–H groups in total. The average molecular weight is 326 g/mol. The lowest BCUT2D eigenvalue weighted by Crippen LogP contribution is -2.10. The molecule has 104 valence electrons. The van der Waals surface area contributed by atoms with Gasteiger partial charge in [0.05, 0.1) is 24.2 Å². The second-order valence-electron chi connectivity index (χ2n) is 5.31. The van der Waals surface area contributed by atoms with Crippen LogP contribution in [0.25, 0.3) is 0 Å². The third-order valence-electron chi connectivity index (χ3n) is 2.93. The van der Waals surface area contributed by atoms with Gasteiger partial charge in [0.25, 0.3) is 0 Å². The van der Waals surface area contributed by atoms with E-state index in [1.165, 1.54) is 0 Å². The summed E-state index contributed by atoms with van der Waals surface area (Å²) < 4.78 is 6.64. The van der Waals surface area contributed by atoms with E-state index in [-0.39, 0.29) is 5.41 Å². The summed E-state index contributed by atoms with van der Waals surface area (Å²) in [6.45, 7) is 6.11. The van der Waals surface area contributed by atoms with Crippen molar-refractivity contribution in [3.05, 3.63) is 28.2 Å². The van der Waals surface area contributed by atoms with E-state index in [2.05, 4.69) is 22.0 Å². The SMILES string of the molecule is C[C@@H](O)c1ccc(Br)cc1OCCCC(C)(C)C#N. The van der Waals surface area contributed by atoms with Gasteiger partial charge in [-0.25, -0.2) is 0 Å². The maximum atomic E-state index is 9.68. The van der Waals surface area contributed by atoms with Crippen molar-refractivity contribution in [3.8, 4) is 11.8 Å². The van der Waals surface area contributed by atoms with Crippen molar-refractivity contribution in [2.75, 3.05) is 6.61 Å². The summed E-state index contributed by atoms with van der Waals surface area (Å²) in [5.74, 6) is 0.694. The molecule has 0 aliphatic rings. The third kappa shape index (κ3) is 5.22. The highest BCUT2D eigenvalue weighted by Crippen LogP contribution is 2.29. The van der Waals surface area contributed by atoms with Gasteiger partial charge in [-0.1, -0.05) is 22.0 Å². The molecule has 0 aliphatic carbocycles. The van der Waals surface area contributed by atoms with E-state index in [9.17, 15) is 5.11 Å². The Hall–Kier alpha value is -1.05. The molecule has 1 aromatic carbocycles. The lowest BCUT2D eigenvalue weighted by Gasteiger charge is -2.17. The molecular formula is C15H20BrNO2. The summed E-state index contributed by atoms with van der Waals surface area (Å²) in [6, 6.07) is 7.87. The van der Waals surface area contributed by atoms with Crippen LogP contribution in [-0.2, 0) is 0 Å². The Morgan fingerprint density at radius 3 is 2.74 bits per heavy atom. The van der Waals surface area contributed by atoms with Gasteiger partial charge in [-0.2, -0.15) is 5.26 Å². The molecule has 0 bridgehead atoms. The predicted molar refractivity (Wildman–Crippen MR) is 78.9 cm³/mol. The molecule has 1 aromatic rings. The second-order valence-corrected chi connectivity index (χ2v) is 6.22. The second kappa shape index (κ2) is 6.93. The standard InChI is InChI=1S/C15H20BrNO2/c1-11(18)13-6-5-12(16)9-14(13)19-8-4-7-15(2,3)10-17/h5-6,9,11,18H,4,7-8H2,1-3H3/t11-/m1/s1. The van der Waals surface area contributed by atoms with Crippen LogP contribution in [0.15, 0.2) is 22.7 Å². The van der Waals surface area contributed by atoms with Gasteiger partial charge in [0.15, 0.2) is 0 Å². The summed E-state index contributed by atoms with van der Waals surface area (Å²) in [4.78, 5) is 0. The maximum absolute atomic E-state index is 9.68. The number of aliphatic hydroxyl groups is 1. The average Bonchev–Trinajstić information content (AvgIpc) is 2.34. The number of hydrogen-bond acceptors (Lipinski definition) is 3. The number of aliphatic hydroxyl groups excluding tert-OH is 1. The molecule has 0 heterocycles. The van der Waals surface area contributed by atoms with Gasteiger partial charge in [0, 0.05) is 10.0 Å². The fourth-order valence-electron chi connectivity index (χ4n) is 1.73. The van der Waals surface area contributed by atoms with Crippen molar-refractivity contribution in [2.24, 2.45) is 5.41 Å². The first-order valence-corrected chi connectivity index (χ1v) is 7.16. The van der Waals surface area contributed by atoms with E-state index in [0.29, 0.717) is 12.4 Å². The van der Waals surface area contributed by atoms with E-state index in [1.807, 2.05) is 32.0 Å². The van der Waals surface area contributed by atoms with Crippen molar-refractivity contribution < 1.29 is 9.84 Å². The number of hydrogen-bond donors (Lipinski definition) is 1. The van der Waals surface area contributed by atoms with Crippen LogP contribution >= 0.6 is 15.9 Å². The number of ether oxygens (including phenoxy) is 1. The molecule has 1 atom stereocenters. The van der Waals surface area contributed by atoms with Crippen molar-refractivity contribution in [3.63, 3.8) is 0 Å². The van der Waals surface area contributed by atoms with Crippen molar-refractivity contribution in [2.45, 2.75) is 39.7 Å². The topological polar surface area (TPSA) is 53.2 Å². The van der Waals surface area contributed by atoms with Crippen LogP contribution in [0.2, 0.25) is 0 Å². The highest BCUT2D eigenvalue weighted by molar-refractivity contribution is 9.10. The fourth-order valence-corrected chi connectivity index (χ4v) is 2.07. The highest BCUT2D eigenvalue weighted by Gasteiger charge is 2.16. The van der Waals surface area contributed by atoms with Gasteiger partial charge in [0.2, 0.25) is 0 Å². The molecule has 0 aliphatic heterocycles. The van der Waals surface area contributed by atoms with E-state index in [1.54, 1.807) is 6.92 Å². The zero-order valence-corrected chi connectivity index (χ0v) is 13.2. The van der Waals surface area contributed by atoms with Crippen LogP contribution < -0.4 is 4.74 Å². The van der Waals surface area contributed by atoms with Crippen LogP contribution in [0.5, 0.6) is 5.75 Å². The van der Waals surface area contributed by atoms with Crippen molar-refractivity contribution >= 4 is 15.9 Å².